The van der Waals surface area contributed by atoms with Crippen LogP contribution in [0, 0.1) is 0 Å². The first-order valence-corrected chi connectivity index (χ1v) is 5.48. The van der Waals surface area contributed by atoms with Gasteiger partial charge in [0.1, 0.15) is 12.4 Å². The van der Waals surface area contributed by atoms with E-state index in [1.165, 1.54) is 5.56 Å². The molecule has 0 amide bonds. The lowest BCUT2D eigenvalue weighted by Gasteiger charge is -2.07. The Balaban J connectivity index is 2.53. The molecule has 0 aliphatic rings. The van der Waals surface area contributed by atoms with Crippen molar-refractivity contribution >= 4 is 12.6 Å². The summed E-state index contributed by atoms with van der Waals surface area (Å²) < 4.78 is 5.61. The molecular weight excluding hydrogens is 192 g/mol. The molecule has 0 fully saturated rings. The largest absolute Gasteiger partial charge is 0.489 e. The second-order valence-electron chi connectivity index (χ2n) is 2.93. The van der Waals surface area contributed by atoms with Gasteiger partial charge in [0, 0.05) is 5.75 Å². The maximum Gasteiger partial charge on any atom is 0.122 e. The monoisotopic (exact) mass is 208 g/mol. The van der Waals surface area contributed by atoms with Crippen molar-refractivity contribution in [1.82, 2.24) is 0 Å². The van der Waals surface area contributed by atoms with Crippen LogP contribution in [0.4, 0.5) is 0 Å². The minimum Gasteiger partial charge on any atom is -0.489 e. The van der Waals surface area contributed by atoms with Crippen molar-refractivity contribution in [3.8, 4) is 5.75 Å². The molecule has 0 saturated heterocycles. The van der Waals surface area contributed by atoms with E-state index in [1.54, 1.807) is 0 Å². The van der Waals surface area contributed by atoms with E-state index in [0.29, 0.717) is 6.61 Å². The molecule has 0 heterocycles. The molecule has 0 aliphatic heterocycles. The zero-order valence-corrected chi connectivity index (χ0v) is 9.34. The van der Waals surface area contributed by atoms with Crippen LogP contribution in [0.1, 0.15) is 12.5 Å². The number of rotatable bonds is 5. The third-order valence-electron chi connectivity index (χ3n) is 1.96. The van der Waals surface area contributed by atoms with E-state index >= 15 is 0 Å². The fraction of sp³-hybridized carbons (Fsp3) is 0.333. The van der Waals surface area contributed by atoms with Gasteiger partial charge in [0.15, 0.2) is 0 Å². The summed E-state index contributed by atoms with van der Waals surface area (Å²) in [6.07, 6.45) is 4.98. The van der Waals surface area contributed by atoms with Crippen LogP contribution in [-0.2, 0) is 6.42 Å². The summed E-state index contributed by atoms with van der Waals surface area (Å²) in [4.78, 5) is 0. The van der Waals surface area contributed by atoms with Crippen LogP contribution >= 0.6 is 12.6 Å². The molecule has 76 valence electrons. The van der Waals surface area contributed by atoms with Crippen LogP contribution in [0.25, 0.3) is 0 Å². The van der Waals surface area contributed by atoms with E-state index in [-0.39, 0.29) is 0 Å². The topological polar surface area (TPSA) is 9.23 Å². The molecule has 0 bridgehead atoms. The zero-order valence-electron chi connectivity index (χ0n) is 8.44. The minimum atomic E-state index is 0.623. The van der Waals surface area contributed by atoms with Gasteiger partial charge >= 0.3 is 0 Å². The predicted octanol–water partition coefficient (Wildman–Crippen LogP) is 3.11. The molecule has 14 heavy (non-hydrogen) atoms. The van der Waals surface area contributed by atoms with Crippen molar-refractivity contribution in [1.29, 1.82) is 0 Å². The molecule has 0 atom stereocenters. The number of hydrogen-bond donors (Lipinski definition) is 1. The van der Waals surface area contributed by atoms with Crippen molar-refractivity contribution in [2.45, 2.75) is 13.3 Å². The average molecular weight is 208 g/mol. The molecule has 0 saturated carbocycles. The Morgan fingerprint density at radius 1 is 1.29 bits per heavy atom. The van der Waals surface area contributed by atoms with E-state index in [4.69, 9.17) is 4.74 Å². The molecule has 0 radical (unpaired) electrons. The molecule has 2 heteroatoms. The SMILES string of the molecule is CCc1ccccc1OCC=CCS. The molecule has 1 rings (SSSR count). The van der Waals surface area contributed by atoms with E-state index in [1.807, 2.05) is 30.4 Å². The molecule has 0 aliphatic carbocycles. The van der Waals surface area contributed by atoms with Crippen LogP contribution in [-0.4, -0.2) is 12.4 Å². The first kappa shape index (κ1) is 11.2. The van der Waals surface area contributed by atoms with E-state index in [2.05, 4.69) is 25.6 Å². The Hall–Kier alpha value is -0.890. The molecule has 1 aromatic carbocycles. The maximum atomic E-state index is 5.61. The number of hydrogen-bond acceptors (Lipinski definition) is 2. The lowest BCUT2D eigenvalue weighted by molar-refractivity contribution is 0.359. The molecule has 0 N–H and O–H groups in total. The number of thiol groups is 1. The van der Waals surface area contributed by atoms with E-state index in [0.717, 1.165) is 17.9 Å². The van der Waals surface area contributed by atoms with Gasteiger partial charge in [0.05, 0.1) is 0 Å². The third-order valence-corrected chi connectivity index (χ3v) is 2.17. The van der Waals surface area contributed by atoms with Gasteiger partial charge in [-0.3, -0.25) is 0 Å². The molecular formula is C12H16OS. The van der Waals surface area contributed by atoms with Crippen LogP contribution in [0.2, 0.25) is 0 Å². The Morgan fingerprint density at radius 2 is 2.07 bits per heavy atom. The van der Waals surface area contributed by atoms with Crippen molar-refractivity contribution < 1.29 is 4.74 Å². The second-order valence-corrected chi connectivity index (χ2v) is 3.29. The highest BCUT2D eigenvalue weighted by molar-refractivity contribution is 7.80. The lowest BCUT2D eigenvalue weighted by atomic mass is 10.1. The number of ether oxygens (including phenoxy) is 1. The summed E-state index contributed by atoms with van der Waals surface area (Å²) >= 11 is 4.08. The second kappa shape index (κ2) is 6.55. The highest BCUT2D eigenvalue weighted by Crippen LogP contribution is 2.17. The quantitative estimate of drug-likeness (QED) is 0.578. The van der Waals surface area contributed by atoms with Gasteiger partial charge in [-0.15, -0.1) is 0 Å². The first-order chi connectivity index (χ1) is 6.88. The Kier molecular flexibility index (Phi) is 5.23. The van der Waals surface area contributed by atoms with Crippen molar-refractivity contribution in [3.63, 3.8) is 0 Å². The fourth-order valence-electron chi connectivity index (χ4n) is 1.22. The van der Waals surface area contributed by atoms with Crippen molar-refractivity contribution in [3.05, 3.63) is 42.0 Å². The summed E-state index contributed by atoms with van der Waals surface area (Å²) in [5.41, 5.74) is 1.26. The Morgan fingerprint density at radius 3 is 2.79 bits per heavy atom. The summed E-state index contributed by atoms with van der Waals surface area (Å²) in [5.74, 6) is 1.75. The van der Waals surface area contributed by atoms with Crippen LogP contribution in [0.15, 0.2) is 36.4 Å². The van der Waals surface area contributed by atoms with Crippen molar-refractivity contribution in [2.24, 2.45) is 0 Å². The smallest absolute Gasteiger partial charge is 0.122 e. The van der Waals surface area contributed by atoms with Crippen LogP contribution in [0.5, 0.6) is 5.75 Å². The summed E-state index contributed by atoms with van der Waals surface area (Å²) in [6.45, 7) is 2.75. The molecule has 0 aromatic heterocycles. The van der Waals surface area contributed by atoms with Crippen molar-refractivity contribution in [2.75, 3.05) is 12.4 Å². The van der Waals surface area contributed by atoms with E-state index < -0.39 is 0 Å². The predicted molar refractivity (Wildman–Crippen MR) is 64.3 cm³/mol. The standard InChI is InChI=1S/C12H16OS/c1-2-11-7-3-4-8-12(11)13-9-5-6-10-14/h3-8,14H,2,9-10H2,1H3. The van der Waals surface area contributed by atoms with Gasteiger partial charge < -0.3 is 4.74 Å². The highest BCUT2D eigenvalue weighted by Gasteiger charge is 1.97. The molecule has 1 nitrogen and oxygen atoms in total. The first-order valence-electron chi connectivity index (χ1n) is 4.85. The summed E-state index contributed by atoms with van der Waals surface area (Å²) in [5, 5.41) is 0. The molecule has 0 unspecified atom stereocenters. The molecule has 1 aromatic rings. The number of benzene rings is 1. The third kappa shape index (κ3) is 3.46. The molecule has 0 spiro atoms. The fourth-order valence-corrected chi connectivity index (χ4v) is 1.37. The minimum absolute atomic E-state index is 0.623. The summed E-state index contributed by atoms with van der Waals surface area (Å²) in [6, 6.07) is 8.14. The maximum absolute atomic E-state index is 5.61. The zero-order chi connectivity index (χ0) is 10.2. The van der Waals surface area contributed by atoms with Gasteiger partial charge in [0.25, 0.3) is 0 Å². The van der Waals surface area contributed by atoms with Gasteiger partial charge in [0.2, 0.25) is 0 Å². The normalized spacial score (nSPS) is 10.7. The van der Waals surface area contributed by atoms with Crippen LogP contribution in [0.3, 0.4) is 0 Å². The van der Waals surface area contributed by atoms with Gasteiger partial charge in [-0.05, 0) is 18.1 Å². The van der Waals surface area contributed by atoms with Crippen LogP contribution < -0.4 is 4.74 Å². The van der Waals surface area contributed by atoms with Gasteiger partial charge in [-0.25, -0.2) is 0 Å². The number of aryl methyl sites for hydroxylation is 1. The van der Waals surface area contributed by atoms with Gasteiger partial charge in [-0.1, -0.05) is 37.3 Å². The Labute approximate surface area is 91.2 Å². The highest BCUT2D eigenvalue weighted by atomic mass is 32.1. The summed E-state index contributed by atoms with van der Waals surface area (Å²) in [7, 11) is 0. The lowest BCUT2D eigenvalue weighted by Crippen LogP contribution is -1.96. The Bertz CT molecular complexity index is 294. The van der Waals surface area contributed by atoms with Gasteiger partial charge in [-0.2, -0.15) is 12.6 Å². The van der Waals surface area contributed by atoms with E-state index in [9.17, 15) is 0 Å². The number of para-hydroxylation sites is 1. The average Bonchev–Trinajstić information content (AvgIpc) is 2.25.